The molecule has 0 aliphatic carbocycles. The van der Waals surface area contributed by atoms with Gasteiger partial charge in [0, 0.05) is 17.1 Å². The van der Waals surface area contributed by atoms with Gasteiger partial charge in [-0.3, -0.25) is 14.9 Å². The lowest BCUT2D eigenvalue weighted by atomic mass is 10.2. The Morgan fingerprint density at radius 2 is 1.92 bits per heavy atom. The van der Waals surface area contributed by atoms with E-state index in [0.717, 1.165) is 10.2 Å². The molecule has 132 valence electrons. The molecule has 3 N–H and O–H groups in total. The topological polar surface area (TPSA) is 83.1 Å². The van der Waals surface area contributed by atoms with E-state index in [9.17, 15) is 9.59 Å². The number of amides is 2. The molecule has 0 unspecified atom stereocenters. The summed E-state index contributed by atoms with van der Waals surface area (Å²) in [5.41, 5.74) is 1.96. The Morgan fingerprint density at radius 1 is 1.15 bits per heavy atom. The highest BCUT2D eigenvalue weighted by Crippen LogP contribution is 2.28. The monoisotopic (exact) mass is 448 g/mol. The summed E-state index contributed by atoms with van der Waals surface area (Å²) in [6.07, 6.45) is 0. The van der Waals surface area contributed by atoms with Crippen LogP contribution >= 0.6 is 39.5 Å². The van der Waals surface area contributed by atoms with Crippen molar-refractivity contribution in [3.8, 4) is 0 Å². The van der Waals surface area contributed by atoms with E-state index in [1.54, 1.807) is 24.3 Å². The highest BCUT2D eigenvalue weighted by Gasteiger charge is 2.12. The number of thiazole rings is 1. The number of aromatic nitrogens is 1. The maximum absolute atomic E-state index is 12.3. The summed E-state index contributed by atoms with van der Waals surface area (Å²) < 4.78 is 1.57. The number of halogens is 1. The van der Waals surface area contributed by atoms with Crippen LogP contribution in [0, 0.1) is 0 Å². The minimum absolute atomic E-state index is 0.136. The van der Waals surface area contributed by atoms with Crippen LogP contribution < -0.4 is 16.0 Å². The Bertz CT molecular complexity index is 1020. The molecule has 0 radical (unpaired) electrons. The van der Waals surface area contributed by atoms with Crippen molar-refractivity contribution in [3.63, 3.8) is 0 Å². The number of carbonyl (C=O) groups is 2. The molecule has 6 nitrogen and oxygen atoms in total. The zero-order valence-electron chi connectivity index (χ0n) is 13.5. The maximum atomic E-state index is 12.3. The van der Waals surface area contributed by atoms with Gasteiger partial charge in [0.05, 0.1) is 15.8 Å². The third-order valence-corrected chi connectivity index (χ3v) is 5.10. The molecule has 0 atom stereocenters. The van der Waals surface area contributed by atoms with Crippen LogP contribution in [0.3, 0.4) is 0 Å². The van der Waals surface area contributed by atoms with Crippen LogP contribution in [0.4, 0.5) is 10.8 Å². The van der Waals surface area contributed by atoms with Crippen molar-refractivity contribution in [2.45, 2.75) is 6.92 Å². The fraction of sp³-hybridized carbons (Fsp3) is 0.0588. The van der Waals surface area contributed by atoms with Crippen molar-refractivity contribution in [2.75, 3.05) is 10.6 Å². The molecule has 2 aromatic carbocycles. The second kappa shape index (κ2) is 7.90. The Labute approximate surface area is 167 Å². The number of hydrogen-bond acceptors (Lipinski definition) is 5. The predicted octanol–water partition coefficient (Wildman–Crippen LogP) is 4.14. The van der Waals surface area contributed by atoms with E-state index in [1.165, 1.54) is 18.3 Å². The van der Waals surface area contributed by atoms with Crippen molar-refractivity contribution in [2.24, 2.45) is 0 Å². The van der Waals surface area contributed by atoms with Gasteiger partial charge in [0.15, 0.2) is 10.2 Å². The molecule has 0 bridgehead atoms. The van der Waals surface area contributed by atoms with Crippen LogP contribution in [0.5, 0.6) is 0 Å². The molecule has 0 spiro atoms. The largest absolute Gasteiger partial charge is 0.326 e. The van der Waals surface area contributed by atoms with Crippen LogP contribution in [0.1, 0.15) is 17.3 Å². The number of nitrogens with zero attached hydrogens (tertiary/aromatic N) is 1. The zero-order valence-corrected chi connectivity index (χ0v) is 16.7. The number of hydrogen-bond donors (Lipinski definition) is 3. The van der Waals surface area contributed by atoms with Crippen LogP contribution in [0.2, 0.25) is 0 Å². The molecule has 1 aromatic heterocycles. The second-order valence-electron chi connectivity index (χ2n) is 5.27. The molecule has 1 heterocycles. The van der Waals surface area contributed by atoms with E-state index in [0.29, 0.717) is 20.9 Å². The van der Waals surface area contributed by atoms with Crippen molar-refractivity contribution < 1.29 is 9.59 Å². The van der Waals surface area contributed by atoms with Gasteiger partial charge in [0.25, 0.3) is 5.91 Å². The molecule has 0 aliphatic rings. The quantitative estimate of drug-likeness (QED) is 0.524. The lowest BCUT2D eigenvalue weighted by Crippen LogP contribution is -2.34. The SMILES string of the molecule is CC(=O)Nc1ccc2nc(NC(=S)NC(=O)c3ccccc3Br)sc2c1. The molecular weight excluding hydrogens is 436 g/mol. The Hall–Kier alpha value is -2.36. The van der Waals surface area contributed by atoms with E-state index < -0.39 is 0 Å². The first-order valence-corrected chi connectivity index (χ1v) is 9.49. The summed E-state index contributed by atoms with van der Waals surface area (Å²) in [5.74, 6) is -0.452. The first kappa shape index (κ1) is 18.4. The number of rotatable bonds is 3. The number of anilines is 2. The van der Waals surface area contributed by atoms with Crippen molar-refractivity contribution in [1.29, 1.82) is 0 Å². The van der Waals surface area contributed by atoms with Crippen LogP contribution in [0.25, 0.3) is 10.2 Å². The van der Waals surface area contributed by atoms with Gasteiger partial charge in [0.1, 0.15) is 0 Å². The van der Waals surface area contributed by atoms with Crippen molar-refractivity contribution in [1.82, 2.24) is 10.3 Å². The van der Waals surface area contributed by atoms with Crippen LogP contribution in [0.15, 0.2) is 46.9 Å². The fourth-order valence-corrected chi connectivity index (χ4v) is 3.83. The highest BCUT2D eigenvalue weighted by molar-refractivity contribution is 9.10. The lowest BCUT2D eigenvalue weighted by Gasteiger charge is -2.08. The smallest absolute Gasteiger partial charge is 0.258 e. The predicted molar refractivity (Wildman–Crippen MR) is 112 cm³/mol. The second-order valence-corrected chi connectivity index (χ2v) is 7.56. The molecule has 3 aromatic rings. The van der Waals surface area contributed by atoms with E-state index in [1.807, 2.05) is 18.2 Å². The third-order valence-electron chi connectivity index (χ3n) is 3.27. The maximum Gasteiger partial charge on any atom is 0.258 e. The zero-order chi connectivity index (χ0) is 18.7. The van der Waals surface area contributed by atoms with Crippen molar-refractivity contribution in [3.05, 3.63) is 52.5 Å². The van der Waals surface area contributed by atoms with Gasteiger partial charge in [-0.2, -0.15) is 0 Å². The summed E-state index contributed by atoms with van der Waals surface area (Å²) in [4.78, 5) is 27.8. The molecule has 2 amide bonds. The van der Waals surface area contributed by atoms with E-state index in [2.05, 4.69) is 36.9 Å². The average molecular weight is 449 g/mol. The highest BCUT2D eigenvalue weighted by atomic mass is 79.9. The summed E-state index contributed by atoms with van der Waals surface area (Å²) >= 11 is 9.90. The molecule has 0 saturated carbocycles. The Morgan fingerprint density at radius 3 is 2.65 bits per heavy atom. The number of thiocarbonyl (C=S) groups is 1. The standard InChI is InChI=1S/C17H13BrN4O2S2/c1-9(23)19-10-6-7-13-14(8-10)26-17(20-13)22-16(25)21-15(24)11-4-2-3-5-12(11)18/h2-8H,1H3,(H,19,23)(H2,20,21,22,24,25). The van der Waals surface area contributed by atoms with Gasteiger partial charge in [-0.05, 0) is 58.5 Å². The Balaban J connectivity index is 1.70. The first-order chi connectivity index (χ1) is 12.4. The Kier molecular flexibility index (Phi) is 5.60. The van der Waals surface area contributed by atoms with Gasteiger partial charge in [-0.15, -0.1) is 0 Å². The minimum Gasteiger partial charge on any atom is -0.326 e. The summed E-state index contributed by atoms with van der Waals surface area (Å²) in [6.45, 7) is 1.45. The molecular formula is C17H13BrN4O2S2. The summed E-state index contributed by atoms with van der Waals surface area (Å²) in [5, 5.41) is 8.99. The van der Waals surface area contributed by atoms with Gasteiger partial charge >= 0.3 is 0 Å². The van der Waals surface area contributed by atoms with E-state index in [-0.39, 0.29) is 16.9 Å². The van der Waals surface area contributed by atoms with Crippen molar-refractivity contribution >= 4 is 77.4 Å². The van der Waals surface area contributed by atoms with E-state index >= 15 is 0 Å². The molecule has 3 rings (SSSR count). The molecule has 0 fully saturated rings. The summed E-state index contributed by atoms with van der Waals surface area (Å²) in [7, 11) is 0. The van der Waals surface area contributed by atoms with Gasteiger partial charge < -0.3 is 10.6 Å². The lowest BCUT2D eigenvalue weighted by molar-refractivity contribution is -0.114. The van der Waals surface area contributed by atoms with Gasteiger partial charge in [0.2, 0.25) is 5.91 Å². The molecule has 9 heteroatoms. The van der Waals surface area contributed by atoms with Gasteiger partial charge in [-0.25, -0.2) is 4.98 Å². The molecule has 0 saturated heterocycles. The summed E-state index contributed by atoms with van der Waals surface area (Å²) in [6, 6.07) is 12.5. The number of carbonyl (C=O) groups excluding carboxylic acids is 2. The normalized spacial score (nSPS) is 10.4. The molecule has 26 heavy (non-hydrogen) atoms. The fourth-order valence-electron chi connectivity index (χ4n) is 2.20. The minimum atomic E-state index is -0.316. The molecule has 0 aliphatic heterocycles. The van der Waals surface area contributed by atoms with Gasteiger partial charge in [-0.1, -0.05) is 23.5 Å². The van der Waals surface area contributed by atoms with E-state index in [4.69, 9.17) is 12.2 Å². The van der Waals surface area contributed by atoms with Crippen LogP contribution in [-0.2, 0) is 4.79 Å². The number of nitrogens with one attached hydrogen (secondary N) is 3. The van der Waals surface area contributed by atoms with Crippen LogP contribution in [-0.4, -0.2) is 21.9 Å². The average Bonchev–Trinajstić information content (AvgIpc) is 2.95. The first-order valence-electron chi connectivity index (χ1n) is 7.47. The third kappa shape index (κ3) is 4.43. The number of benzene rings is 2. The number of fused-ring (bicyclic) bond motifs is 1.